The highest BCUT2D eigenvalue weighted by molar-refractivity contribution is 5.00. The molecule has 2 nitrogen and oxygen atoms in total. The van der Waals surface area contributed by atoms with E-state index in [1.807, 2.05) is 0 Å². The molecule has 0 amide bonds. The number of rotatable bonds is 3. The first-order chi connectivity index (χ1) is 4.60. The zero-order valence-electron chi connectivity index (χ0n) is 7.09. The topological polar surface area (TPSA) is 23.5 Å². The Kier molecular flexibility index (Phi) is 2.02. The summed E-state index contributed by atoms with van der Waals surface area (Å²) in [6.45, 7) is 3.59. The van der Waals surface area contributed by atoms with Gasteiger partial charge in [0.15, 0.2) is 0 Å². The standard InChI is InChI=1S/C8H17NO/c1-7-4-8(7,6-10)5-9(2)3/h7,10H,4-6H2,1-3H3. The van der Waals surface area contributed by atoms with Gasteiger partial charge in [0.2, 0.25) is 0 Å². The Balaban J connectivity index is 2.37. The van der Waals surface area contributed by atoms with Gasteiger partial charge in [-0.25, -0.2) is 0 Å². The zero-order chi connectivity index (χ0) is 7.78. The van der Waals surface area contributed by atoms with Gasteiger partial charge in [0.25, 0.3) is 0 Å². The van der Waals surface area contributed by atoms with Gasteiger partial charge in [-0.1, -0.05) is 6.92 Å². The third-order valence-electron chi connectivity index (χ3n) is 2.54. The number of aliphatic hydroxyl groups is 1. The van der Waals surface area contributed by atoms with Crippen LogP contribution in [0, 0.1) is 11.3 Å². The van der Waals surface area contributed by atoms with Crippen LogP contribution in [0.3, 0.4) is 0 Å². The van der Waals surface area contributed by atoms with Gasteiger partial charge in [0.05, 0.1) is 6.61 Å². The molecule has 0 spiro atoms. The summed E-state index contributed by atoms with van der Waals surface area (Å²) in [6.07, 6.45) is 1.20. The van der Waals surface area contributed by atoms with Crippen LogP contribution < -0.4 is 0 Å². The summed E-state index contributed by atoms with van der Waals surface area (Å²) in [4.78, 5) is 2.15. The van der Waals surface area contributed by atoms with Gasteiger partial charge in [-0.2, -0.15) is 0 Å². The van der Waals surface area contributed by atoms with Crippen LogP contribution in [0.4, 0.5) is 0 Å². The molecule has 2 unspecified atom stereocenters. The van der Waals surface area contributed by atoms with Gasteiger partial charge < -0.3 is 10.0 Å². The summed E-state index contributed by atoms with van der Waals surface area (Å²) in [5.41, 5.74) is 0.253. The van der Waals surface area contributed by atoms with Crippen LogP contribution in [0.1, 0.15) is 13.3 Å². The van der Waals surface area contributed by atoms with Crippen LogP contribution in [-0.4, -0.2) is 37.3 Å². The van der Waals surface area contributed by atoms with Crippen molar-refractivity contribution in [2.45, 2.75) is 13.3 Å². The Hall–Kier alpha value is -0.0800. The fraction of sp³-hybridized carbons (Fsp3) is 1.00. The maximum absolute atomic E-state index is 9.05. The predicted octanol–water partition coefficient (Wildman–Crippen LogP) is 0.567. The van der Waals surface area contributed by atoms with E-state index in [1.165, 1.54) is 6.42 Å². The van der Waals surface area contributed by atoms with E-state index < -0.39 is 0 Å². The Morgan fingerprint density at radius 3 is 2.20 bits per heavy atom. The second-order valence-electron chi connectivity index (χ2n) is 3.86. The molecule has 1 rings (SSSR count). The SMILES string of the molecule is CC1CC1(CO)CN(C)C. The Bertz CT molecular complexity index is 120. The van der Waals surface area contributed by atoms with Gasteiger partial charge in [-0.15, -0.1) is 0 Å². The van der Waals surface area contributed by atoms with Crippen molar-refractivity contribution in [1.82, 2.24) is 4.90 Å². The summed E-state index contributed by atoms with van der Waals surface area (Å²) in [5.74, 6) is 0.722. The average molecular weight is 143 g/mol. The summed E-state index contributed by atoms with van der Waals surface area (Å²) in [5, 5.41) is 9.05. The lowest BCUT2D eigenvalue weighted by Crippen LogP contribution is -2.26. The van der Waals surface area contributed by atoms with Gasteiger partial charge in [0, 0.05) is 12.0 Å². The first-order valence-corrected chi connectivity index (χ1v) is 3.86. The summed E-state index contributed by atoms with van der Waals surface area (Å²) >= 11 is 0. The summed E-state index contributed by atoms with van der Waals surface area (Å²) in [6, 6.07) is 0. The van der Waals surface area contributed by atoms with Gasteiger partial charge in [-0.05, 0) is 26.4 Å². The van der Waals surface area contributed by atoms with Crippen molar-refractivity contribution in [2.24, 2.45) is 11.3 Å². The second kappa shape index (κ2) is 2.51. The molecule has 0 aromatic heterocycles. The van der Waals surface area contributed by atoms with Crippen LogP contribution >= 0.6 is 0 Å². The van der Waals surface area contributed by atoms with Crippen LogP contribution in [-0.2, 0) is 0 Å². The molecule has 1 saturated carbocycles. The highest BCUT2D eigenvalue weighted by Gasteiger charge is 2.50. The van der Waals surface area contributed by atoms with E-state index >= 15 is 0 Å². The van der Waals surface area contributed by atoms with Crippen molar-refractivity contribution < 1.29 is 5.11 Å². The van der Waals surface area contributed by atoms with Crippen molar-refractivity contribution in [2.75, 3.05) is 27.2 Å². The Morgan fingerprint density at radius 1 is 1.60 bits per heavy atom. The third-order valence-corrected chi connectivity index (χ3v) is 2.54. The molecule has 1 aliphatic rings. The molecule has 10 heavy (non-hydrogen) atoms. The summed E-state index contributed by atoms with van der Waals surface area (Å²) < 4.78 is 0. The highest BCUT2D eigenvalue weighted by atomic mass is 16.3. The molecular weight excluding hydrogens is 126 g/mol. The van der Waals surface area contributed by atoms with Crippen molar-refractivity contribution >= 4 is 0 Å². The molecule has 0 saturated heterocycles. The molecule has 0 aliphatic heterocycles. The molecule has 0 bridgehead atoms. The van der Waals surface area contributed by atoms with E-state index in [9.17, 15) is 0 Å². The Morgan fingerprint density at radius 2 is 2.10 bits per heavy atom. The van der Waals surface area contributed by atoms with E-state index in [1.54, 1.807) is 0 Å². The highest BCUT2D eigenvalue weighted by Crippen LogP contribution is 2.51. The number of hydrogen-bond acceptors (Lipinski definition) is 2. The fourth-order valence-corrected chi connectivity index (χ4v) is 1.67. The monoisotopic (exact) mass is 143 g/mol. The van der Waals surface area contributed by atoms with Crippen molar-refractivity contribution in [1.29, 1.82) is 0 Å². The minimum absolute atomic E-state index is 0.253. The molecular formula is C8H17NO. The molecule has 1 N–H and O–H groups in total. The molecule has 1 aliphatic carbocycles. The van der Waals surface area contributed by atoms with Crippen LogP contribution in [0.25, 0.3) is 0 Å². The van der Waals surface area contributed by atoms with Crippen molar-refractivity contribution in [3.05, 3.63) is 0 Å². The normalized spacial score (nSPS) is 38.7. The molecule has 0 heterocycles. The number of nitrogens with zero attached hydrogens (tertiary/aromatic N) is 1. The second-order valence-corrected chi connectivity index (χ2v) is 3.86. The largest absolute Gasteiger partial charge is 0.396 e. The van der Waals surface area contributed by atoms with E-state index in [0.717, 1.165) is 12.5 Å². The van der Waals surface area contributed by atoms with E-state index in [-0.39, 0.29) is 5.41 Å². The van der Waals surface area contributed by atoms with E-state index in [4.69, 9.17) is 5.11 Å². The van der Waals surface area contributed by atoms with Crippen LogP contribution in [0.5, 0.6) is 0 Å². The van der Waals surface area contributed by atoms with Gasteiger partial charge in [0.1, 0.15) is 0 Å². The number of aliphatic hydroxyl groups excluding tert-OH is 1. The fourth-order valence-electron chi connectivity index (χ4n) is 1.67. The molecule has 0 aromatic rings. The quantitative estimate of drug-likeness (QED) is 0.624. The maximum atomic E-state index is 9.05. The molecule has 0 radical (unpaired) electrons. The predicted molar refractivity (Wildman–Crippen MR) is 41.9 cm³/mol. The minimum atomic E-state index is 0.253. The first kappa shape index (κ1) is 8.02. The van der Waals surface area contributed by atoms with Crippen LogP contribution in [0.2, 0.25) is 0 Å². The smallest absolute Gasteiger partial charge is 0.0502 e. The lowest BCUT2D eigenvalue weighted by molar-refractivity contribution is 0.165. The first-order valence-electron chi connectivity index (χ1n) is 3.86. The lowest BCUT2D eigenvalue weighted by atomic mass is 10.1. The molecule has 0 aromatic carbocycles. The average Bonchev–Trinajstić information content (AvgIpc) is 2.42. The molecule has 60 valence electrons. The Labute approximate surface area is 62.8 Å². The maximum Gasteiger partial charge on any atom is 0.0502 e. The minimum Gasteiger partial charge on any atom is -0.396 e. The van der Waals surface area contributed by atoms with E-state index in [2.05, 4.69) is 25.9 Å². The molecule has 2 heteroatoms. The van der Waals surface area contributed by atoms with Gasteiger partial charge >= 0.3 is 0 Å². The molecule has 2 atom stereocenters. The molecule has 1 fully saturated rings. The third kappa shape index (κ3) is 1.32. The lowest BCUT2D eigenvalue weighted by Gasteiger charge is -2.18. The number of hydrogen-bond donors (Lipinski definition) is 1. The van der Waals surface area contributed by atoms with Gasteiger partial charge in [-0.3, -0.25) is 0 Å². The summed E-state index contributed by atoms with van der Waals surface area (Å²) in [7, 11) is 4.12. The van der Waals surface area contributed by atoms with Crippen molar-refractivity contribution in [3.63, 3.8) is 0 Å². The van der Waals surface area contributed by atoms with E-state index in [0.29, 0.717) is 6.61 Å². The zero-order valence-corrected chi connectivity index (χ0v) is 7.09. The van der Waals surface area contributed by atoms with Crippen molar-refractivity contribution in [3.8, 4) is 0 Å². The van der Waals surface area contributed by atoms with Crippen LogP contribution in [0.15, 0.2) is 0 Å².